The minimum absolute atomic E-state index is 0.190. The highest BCUT2D eigenvalue weighted by Gasteiger charge is 2.18. The molecule has 0 spiro atoms. The van der Waals surface area contributed by atoms with E-state index in [9.17, 15) is 23.3 Å². The van der Waals surface area contributed by atoms with E-state index in [1.54, 1.807) is 47.9 Å². The van der Waals surface area contributed by atoms with Crippen LogP contribution in [0.3, 0.4) is 0 Å². The molecule has 9 nitrogen and oxygen atoms in total. The minimum atomic E-state index is -4.10. The van der Waals surface area contributed by atoms with Gasteiger partial charge in [-0.15, -0.1) is 0 Å². The summed E-state index contributed by atoms with van der Waals surface area (Å²) in [6.07, 6.45) is 1.18. The fourth-order valence-corrected chi connectivity index (χ4v) is 3.93. The predicted octanol–water partition coefficient (Wildman–Crippen LogP) is 3.33. The fourth-order valence-electron chi connectivity index (χ4n) is 2.84. The number of nitro benzene ring substituents is 1. The van der Waals surface area contributed by atoms with Gasteiger partial charge in [-0.05, 0) is 34.9 Å². The number of carbonyl (C=O) groups is 1. The molecule has 3 rings (SSSR count). The topological polar surface area (TPSA) is 139 Å². The van der Waals surface area contributed by atoms with Crippen LogP contribution in [0.4, 0.5) is 11.4 Å². The summed E-state index contributed by atoms with van der Waals surface area (Å²) in [7, 11) is -4.10. The lowest BCUT2D eigenvalue weighted by molar-refractivity contribution is -0.385. The first-order chi connectivity index (χ1) is 14.8. The molecule has 0 unspecified atom stereocenters. The van der Waals surface area contributed by atoms with Gasteiger partial charge in [0.05, 0.1) is 9.82 Å². The number of rotatable bonds is 7. The van der Waals surface area contributed by atoms with Crippen LogP contribution in [0.5, 0.6) is 0 Å². The van der Waals surface area contributed by atoms with Crippen LogP contribution in [0.25, 0.3) is 5.57 Å². The number of nitrogens with one attached hydrogen (secondary N) is 2. The van der Waals surface area contributed by atoms with Gasteiger partial charge in [0.25, 0.3) is 21.6 Å². The number of hydroxylamine groups is 1. The molecule has 0 aromatic heterocycles. The first-order valence-electron chi connectivity index (χ1n) is 8.89. The van der Waals surface area contributed by atoms with Crippen LogP contribution in [-0.2, 0) is 14.8 Å². The molecular weight excluding hydrogens is 422 g/mol. The molecule has 3 N–H and O–H groups in total. The summed E-state index contributed by atoms with van der Waals surface area (Å²) in [5, 5.41) is 19.8. The second-order valence-electron chi connectivity index (χ2n) is 6.34. The molecule has 0 aliphatic carbocycles. The van der Waals surface area contributed by atoms with E-state index in [-0.39, 0.29) is 16.3 Å². The Morgan fingerprint density at radius 2 is 1.61 bits per heavy atom. The van der Waals surface area contributed by atoms with E-state index in [1.807, 2.05) is 0 Å². The molecule has 0 aliphatic rings. The quantitative estimate of drug-likeness (QED) is 0.223. The van der Waals surface area contributed by atoms with Crippen LogP contribution in [-0.4, -0.2) is 24.5 Å². The van der Waals surface area contributed by atoms with Gasteiger partial charge < -0.3 is 0 Å². The van der Waals surface area contributed by atoms with Crippen molar-refractivity contribution in [3.8, 4) is 0 Å². The summed E-state index contributed by atoms with van der Waals surface area (Å²) in [6, 6.07) is 19.9. The number of amides is 1. The molecule has 0 atom stereocenters. The maximum Gasteiger partial charge on any atom is 0.270 e. The second-order valence-corrected chi connectivity index (χ2v) is 8.02. The second kappa shape index (κ2) is 9.20. The van der Waals surface area contributed by atoms with Crippen molar-refractivity contribution >= 4 is 32.9 Å². The zero-order valence-electron chi connectivity index (χ0n) is 15.9. The Bertz CT molecular complexity index is 1260. The monoisotopic (exact) mass is 439 g/mol. The standard InChI is InChI=1S/C21H17N3O6S/c25-21(22-26)14-20(15-6-2-1-3-7-15)16-8-4-9-17(12-16)23-31(29,30)19-11-5-10-18(13-19)24(27)28/h1-14,23,26H,(H,22,25)/b20-14+. The van der Waals surface area contributed by atoms with Gasteiger partial charge in [-0.25, -0.2) is 13.9 Å². The van der Waals surface area contributed by atoms with Gasteiger partial charge in [0.15, 0.2) is 0 Å². The number of nitro groups is 1. The molecule has 158 valence electrons. The zero-order valence-corrected chi connectivity index (χ0v) is 16.7. The van der Waals surface area contributed by atoms with Gasteiger partial charge >= 0.3 is 0 Å². The average Bonchev–Trinajstić information content (AvgIpc) is 2.77. The highest BCUT2D eigenvalue weighted by molar-refractivity contribution is 7.92. The third-order valence-corrected chi connectivity index (χ3v) is 5.61. The smallest absolute Gasteiger partial charge is 0.270 e. The summed E-state index contributed by atoms with van der Waals surface area (Å²) in [5.41, 5.74) is 3.01. The first kappa shape index (κ1) is 21.7. The van der Waals surface area contributed by atoms with E-state index >= 15 is 0 Å². The van der Waals surface area contributed by atoms with Gasteiger partial charge in [0.2, 0.25) is 0 Å². The van der Waals surface area contributed by atoms with Crippen molar-refractivity contribution in [2.75, 3.05) is 4.72 Å². The number of carbonyl (C=O) groups excluding carboxylic acids is 1. The molecule has 31 heavy (non-hydrogen) atoms. The summed E-state index contributed by atoms with van der Waals surface area (Å²) >= 11 is 0. The molecule has 0 saturated carbocycles. The van der Waals surface area contributed by atoms with E-state index < -0.39 is 20.9 Å². The molecule has 0 aliphatic heterocycles. The normalized spacial score (nSPS) is 11.6. The minimum Gasteiger partial charge on any atom is -0.288 e. The third-order valence-electron chi connectivity index (χ3n) is 4.23. The molecular formula is C21H17N3O6S. The van der Waals surface area contributed by atoms with Gasteiger partial charge in [-0.3, -0.25) is 24.8 Å². The van der Waals surface area contributed by atoms with Crippen molar-refractivity contribution in [1.82, 2.24) is 5.48 Å². The molecule has 10 heteroatoms. The van der Waals surface area contributed by atoms with Gasteiger partial charge in [-0.1, -0.05) is 48.5 Å². The average molecular weight is 439 g/mol. The summed E-state index contributed by atoms with van der Waals surface area (Å²) in [5.74, 6) is -0.749. The Kier molecular flexibility index (Phi) is 6.43. The molecule has 3 aromatic carbocycles. The first-order valence-corrected chi connectivity index (χ1v) is 10.4. The number of nitrogens with zero attached hydrogens (tertiary/aromatic N) is 1. The number of non-ortho nitro benzene ring substituents is 1. The summed E-state index contributed by atoms with van der Waals surface area (Å²) < 4.78 is 27.8. The van der Waals surface area contributed by atoms with Crippen molar-refractivity contribution in [2.24, 2.45) is 0 Å². The Hall–Kier alpha value is -4.02. The van der Waals surface area contributed by atoms with E-state index in [4.69, 9.17) is 5.21 Å². The number of benzene rings is 3. The maximum atomic E-state index is 12.7. The predicted molar refractivity (Wildman–Crippen MR) is 114 cm³/mol. The van der Waals surface area contributed by atoms with E-state index in [0.717, 1.165) is 6.07 Å². The highest BCUT2D eigenvalue weighted by Crippen LogP contribution is 2.27. The van der Waals surface area contributed by atoms with Crippen LogP contribution < -0.4 is 10.2 Å². The van der Waals surface area contributed by atoms with Crippen molar-refractivity contribution in [3.05, 3.63) is 106 Å². The number of hydrogen-bond donors (Lipinski definition) is 3. The number of hydrogen-bond acceptors (Lipinski definition) is 6. The maximum absolute atomic E-state index is 12.7. The zero-order chi connectivity index (χ0) is 22.4. The molecule has 0 fully saturated rings. The molecule has 0 saturated heterocycles. The van der Waals surface area contributed by atoms with Gasteiger partial charge in [0.1, 0.15) is 0 Å². The SMILES string of the molecule is O=C(/C=C(\c1ccccc1)c1cccc(NS(=O)(=O)c2cccc([N+](=O)[O-])c2)c1)NO. The molecule has 0 radical (unpaired) electrons. The number of anilines is 1. The van der Waals surface area contributed by atoms with Crippen molar-refractivity contribution in [1.29, 1.82) is 0 Å². The van der Waals surface area contributed by atoms with Gasteiger partial charge in [0, 0.05) is 23.9 Å². The van der Waals surface area contributed by atoms with Crippen LogP contribution in [0, 0.1) is 10.1 Å². The molecule has 3 aromatic rings. The Morgan fingerprint density at radius 3 is 2.29 bits per heavy atom. The largest absolute Gasteiger partial charge is 0.288 e. The van der Waals surface area contributed by atoms with Crippen molar-refractivity contribution < 1.29 is 23.3 Å². The van der Waals surface area contributed by atoms with E-state index in [2.05, 4.69) is 4.72 Å². The highest BCUT2D eigenvalue weighted by atomic mass is 32.2. The Morgan fingerprint density at radius 1 is 0.935 bits per heavy atom. The lowest BCUT2D eigenvalue weighted by atomic mass is 9.97. The Balaban J connectivity index is 1.98. The van der Waals surface area contributed by atoms with Crippen LogP contribution in [0.15, 0.2) is 89.8 Å². The van der Waals surface area contributed by atoms with Crippen molar-refractivity contribution in [2.45, 2.75) is 4.90 Å². The lowest BCUT2D eigenvalue weighted by Gasteiger charge is -2.12. The molecule has 0 bridgehead atoms. The molecule has 0 heterocycles. The van der Waals surface area contributed by atoms with Gasteiger partial charge in [-0.2, -0.15) is 0 Å². The number of sulfonamides is 1. The lowest BCUT2D eigenvalue weighted by Crippen LogP contribution is -2.16. The Labute approximate surface area is 177 Å². The molecule has 1 amide bonds. The van der Waals surface area contributed by atoms with Crippen LogP contribution >= 0.6 is 0 Å². The third kappa shape index (κ3) is 5.32. The van der Waals surface area contributed by atoms with E-state index in [0.29, 0.717) is 16.7 Å². The fraction of sp³-hybridized carbons (Fsp3) is 0. The van der Waals surface area contributed by atoms with E-state index in [1.165, 1.54) is 36.4 Å². The summed E-state index contributed by atoms with van der Waals surface area (Å²) in [6.45, 7) is 0. The van der Waals surface area contributed by atoms with Crippen LogP contribution in [0.1, 0.15) is 11.1 Å². The van der Waals surface area contributed by atoms with Crippen LogP contribution in [0.2, 0.25) is 0 Å². The summed E-state index contributed by atoms with van der Waals surface area (Å²) in [4.78, 5) is 21.8. The van der Waals surface area contributed by atoms with Crippen molar-refractivity contribution in [3.63, 3.8) is 0 Å².